The molecule has 0 bridgehead atoms. The molecule has 5 nitrogen and oxygen atoms in total. The van der Waals surface area contributed by atoms with Gasteiger partial charge in [0.2, 0.25) is 5.91 Å². The number of methoxy groups -OCH3 is 1. The van der Waals surface area contributed by atoms with Crippen molar-refractivity contribution in [2.24, 2.45) is 0 Å². The molecule has 1 aliphatic carbocycles. The van der Waals surface area contributed by atoms with Crippen molar-refractivity contribution in [3.63, 3.8) is 0 Å². The first kappa shape index (κ1) is 15.4. The fraction of sp³-hybridized carbons (Fsp3) is 0.923. The van der Waals surface area contributed by atoms with E-state index >= 15 is 0 Å². The van der Waals surface area contributed by atoms with Gasteiger partial charge in [-0.2, -0.15) is 0 Å². The van der Waals surface area contributed by atoms with E-state index in [1.54, 1.807) is 7.11 Å². The summed E-state index contributed by atoms with van der Waals surface area (Å²) < 4.78 is 4.96. The summed E-state index contributed by atoms with van der Waals surface area (Å²) in [5.74, 6) is -0.0454. The summed E-state index contributed by atoms with van der Waals surface area (Å²) in [5.41, 5.74) is 0. The molecular formula is C13H26N2O3. The van der Waals surface area contributed by atoms with Crippen LogP contribution in [0.4, 0.5) is 0 Å². The first-order valence-electron chi connectivity index (χ1n) is 6.83. The van der Waals surface area contributed by atoms with Gasteiger partial charge in [0.1, 0.15) is 0 Å². The lowest BCUT2D eigenvalue weighted by Gasteiger charge is -2.22. The Morgan fingerprint density at radius 3 is 2.83 bits per heavy atom. The van der Waals surface area contributed by atoms with E-state index in [2.05, 4.69) is 10.6 Å². The van der Waals surface area contributed by atoms with Crippen LogP contribution in [0, 0.1) is 0 Å². The van der Waals surface area contributed by atoms with Gasteiger partial charge < -0.3 is 20.5 Å². The van der Waals surface area contributed by atoms with Gasteiger partial charge in [-0.15, -0.1) is 0 Å². The lowest BCUT2D eigenvalue weighted by atomic mass is 10.1. The molecule has 0 aromatic carbocycles. The highest BCUT2D eigenvalue weighted by Crippen LogP contribution is 2.17. The minimum absolute atomic E-state index is 0.0170. The van der Waals surface area contributed by atoms with E-state index < -0.39 is 0 Å². The number of amides is 1. The molecule has 0 aliphatic heterocycles. The third kappa shape index (κ3) is 5.80. The number of carbonyl (C=O) groups is 1. The second-order valence-corrected chi connectivity index (χ2v) is 5.12. The van der Waals surface area contributed by atoms with Gasteiger partial charge in [-0.1, -0.05) is 19.3 Å². The minimum Gasteiger partial charge on any atom is -0.392 e. The van der Waals surface area contributed by atoms with Crippen molar-refractivity contribution in [1.29, 1.82) is 0 Å². The minimum atomic E-state index is -0.323. The van der Waals surface area contributed by atoms with E-state index in [0.717, 1.165) is 25.7 Å². The van der Waals surface area contributed by atoms with Gasteiger partial charge in [0, 0.05) is 19.2 Å². The van der Waals surface area contributed by atoms with Gasteiger partial charge in [0.05, 0.1) is 19.3 Å². The Bertz CT molecular complexity index is 248. The highest BCUT2D eigenvalue weighted by atomic mass is 16.5. The summed E-state index contributed by atoms with van der Waals surface area (Å²) in [5, 5.41) is 15.9. The van der Waals surface area contributed by atoms with Crippen LogP contribution in [0.5, 0.6) is 0 Å². The van der Waals surface area contributed by atoms with E-state index in [9.17, 15) is 9.90 Å². The van der Waals surface area contributed by atoms with Crippen LogP contribution >= 0.6 is 0 Å². The van der Waals surface area contributed by atoms with Gasteiger partial charge in [-0.25, -0.2) is 0 Å². The Morgan fingerprint density at radius 2 is 2.11 bits per heavy atom. The maximum atomic E-state index is 11.7. The Hall–Kier alpha value is -0.650. The maximum absolute atomic E-state index is 11.7. The zero-order valence-electron chi connectivity index (χ0n) is 11.4. The van der Waals surface area contributed by atoms with E-state index in [1.165, 1.54) is 6.42 Å². The average molecular weight is 258 g/mol. The predicted molar refractivity (Wildman–Crippen MR) is 70.4 cm³/mol. The molecular weight excluding hydrogens is 232 g/mol. The molecule has 18 heavy (non-hydrogen) atoms. The number of hydrogen-bond acceptors (Lipinski definition) is 4. The lowest BCUT2D eigenvalue weighted by Crippen LogP contribution is -2.46. The van der Waals surface area contributed by atoms with Crippen LogP contribution in [0.25, 0.3) is 0 Å². The topological polar surface area (TPSA) is 70.6 Å². The number of ether oxygens (including phenoxy) is 1. The molecule has 5 heteroatoms. The number of nitrogens with one attached hydrogen (secondary N) is 2. The van der Waals surface area contributed by atoms with Crippen molar-refractivity contribution in [3.8, 4) is 0 Å². The first-order chi connectivity index (χ1) is 8.63. The SMILES string of the molecule is COCC(C)NC(=O)CNC1CCCCCC1O. The zero-order valence-corrected chi connectivity index (χ0v) is 11.4. The average Bonchev–Trinajstić information content (AvgIpc) is 2.51. The Labute approximate surface area is 109 Å². The third-order valence-corrected chi connectivity index (χ3v) is 3.33. The smallest absolute Gasteiger partial charge is 0.234 e. The van der Waals surface area contributed by atoms with E-state index in [-0.39, 0.29) is 30.6 Å². The summed E-state index contributed by atoms with van der Waals surface area (Å²) in [7, 11) is 1.61. The Morgan fingerprint density at radius 1 is 1.39 bits per heavy atom. The second-order valence-electron chi connectivity index (χ2n) is 5.12. The molecule has 3 N–H and O–H groups in total. The van der Waals surface area contributed by atoms with Crippen molar-refractivity contribution in [2.75, 3.05) is 20.3 Å². The van der Waals surface area contributed by atoms with Crippen LogP contribution in [0.2, 0.25) is 0 Å². The van der Waals surface area contributed by atoms with Gasteiger partial charge >= 0.3 is 0 Å². The quantitative estimate of drug-likeness (QED) is 0.604. The summed E-state index contributed by atoms with van der Waals surface area (Å²) in [6.07, 6.45) is 4.83. The van der Waals surface area contributed by atoms with Crippen LogP contribution in [-0.2, 0) is 9.53 Å². The molecule has 0 aromatic rings. The van der Waals surface area contributed by atoms with Gasteiger partial charge in [0.25, 0.3) is 0 Å². The number of carbonyl (C=O) groups excluding carboxylic acids is 1. The molecule has 3 unspecified atom stereocenters. The largest absolute Gasteiger partial charge is 0.392 e. The highest BCUT2D eigenvalue weighted by molar-refractivity contribution is 5.78. The fourth-order valence-corrected chi connectivity index (χ4v) is 2.37. The van der Waals surface area contributed by atoms with Gasteiger partial charge in [-0.3, -0.25) is 4.79 Å². The molecule has 1 saturated carbocycles. The van der Waals surface area contributed by atoms with Crippen LogP contribution < -0.4 is 10.6 Å². The Kier molecular flexibility index (Phi) is 7.23. The standard InChI is InChI=1S/C13H26N2O3/c1-10(9-18-2)15-13(17)8-14-11-6-4-3-5-7-12(11)16/h10-12,14,16H,3-9H2,1-2H3,(H,15,17). The second kappa shape index (κ2) is 8.45. The van der Waals surface area contributed by atoms with E-state index in [1.807, 2.05) is 6.92 Å². The number of aliphatic hydroxyl groups excluding tert-OH is 1. The normalized spacial score (nSPS) is 26.4. The molecule has 0 aromatic heterocycles. The van der Waals surface area contributed by atoms with Crippen molar-refractivity contribution < 1.29 is 14.6 Å². The number of rotatable bonds is 6. The summed E-state index contributed by atoms with van der Waals surface area (Å²) in [6, 6.07) is 0.0688. The van der Waals surface area contributed by atoms with Crippen LogP contribution in [0.3, 0.4) is 0 Å². The monoisotopic (exact) mass is 258 g/mol. The maximum Gasteiger partial charge on any atom is 0.234 e. The van der Waals surface area contributed by atoms with Crippen LogP contribution in [-0.4, -0.2) is 49.5 Å². The molecule has 106 valence electrons. The fourth-order valence-electron chi connectivity index (χ4n) is 2.37. The highest BCUT2D eigenvalue weighted by Gasteiger charge is 2.21. The first-order valence-corrected chi connectivity index (χ1v) is 6.83. The molecule has 0 heterocycles. The van der Waals surface area contributed by atoms with Crippen molar-refractivity contribution >= 4 is 5.91 Å². The Balaban J connectivity index is 2.23. The van der Waals surface area contributed by atoms with Gasteiger partial charge in [0.15, 0.2) is 0 Å². The summed E-state index contributed by atoms with van der Waals surface area (Å²) >= 11 is 0. The van der Waals surface area contributed by atoms with Crippen molar-refractivity contribution in [3.05, 3.63) is 0 Å². The summed E-state index contributed by atoms with van der Waals surface area (Å²) in [4.78, 5) is 11.7. The molecule has 0 saturated heterocycles. The molecule has 1 fully saturated rings. The number of hydrogen-bond donors (Lipinski definition) is 3. The zero-order chi connectivity index (χ0) is 13.4. The molecule has 1 rings (SSSR count). The third-order valence-electron chi connectivity index (χ3n) is 3.33. The molecule has 1 amide bonds. The van der Waals surface area contributed by atoms with E-state index in [0.29, 0.717) is 6.61 Å². The number of aliphatic hydroxyl groups is 1. The van der Waals surface area contributed by atoms with Crippen molar-refractivity contribution in [1.82, 2.24) is 10.6 Å². The van der Waals surface area contributed by atoms with E-state index in [4.69, 9.17) is 4.74 Å². The molecule has 1 aliphatic rings. The molecule has 0 radical (unpaired) electrons. The molecule has 0 spiro atoms. The van der Waals surface area contributed by atoms with Gasteiger partial charge in [-0.05, 0) is 19.8 Å². The van der Waals surface area contributed by atoms with Crippen molar-refractivity contribution in [2.45, 2.75) is 57.2 Å². The van der Waals surface area contributed by atoms with Crippen LogP contribution in [0.1, 0.15) is 39.0 Å². The lowest BCUT2D eigenvalue weighted by molar-refractivity contribution is -0.121. The molecule has 3 atom stereocenters. The summed E-state index contributed by atoms with van der Waals surface area (Å²) in [6.45, 7) is 2.68. The van der Waals surface area contributed by atoms with Crippen LogP contribution in [0.15, 0.2) is 0 Å². The predicted octanol–water partition coefficient (Wildman–Crippen LogP) is 0.421.